The highest BCUT2D eigenvalue weighted by Gasteiger charge is 2.37. The molecule has 1 aliphatic heterocycles. The second-order valence-corrected chi connectivity index (χ2v) is 6.71. The maximum absolute atomic E-state index is 13.1. The van der Waals surface area contributed by atoms with Crippen molar-refractivity contribution in [3.05, 3.63) is 78.1 Å². The third-order valence-electron chi connectivity index (χ3n) is 4.69. The van der Waals surface area contributed by atoms with Crippen molar-refractivity contribution in [1.82, 2.24) is 9.88 Å². The zero-order valence-corrected chi connectivity index (χ0v) is 16.6. The molecule has 1 fully saturated rings. The van der Waals surface area contributed by atoms with Gasteiger partial charge in [0, 0.05) is 23.6 Å². The smallest absolute Gasteiger partial charge is 0.335 e. The SMILES string of the molecule is CCOc1cccc(N2C(=O)NC(=O)/C(=C\c3cccn3-c3ccc(O)cc3)C2=O)c1. The van der Waals surface area contributed by atoms with Gasteiger partial charge in [0.05, 0.1) is 12.3 Å². The van der Waals surface area contributed by atoms with Crippen LogP contribution < -0.4 is 15.0 Å². The minimum Gasteiger partial charge on any atom is -0.508 e. The number of hydrogen-bond donors (Lipinski definition) is 2. The van der Waals surface area contributed by atoms with Crippen molar-refractivity contribution in [3.63, 3.8) is 0 Å². The van der Waals surface area contributed by atoms with Gasteiger partial charge in [-0.1, -0.05) is 6.07 Å². The minimum absolute atomic E-state index is 0.126. The molecule has 1 saturated heterocycles. The van der Waals surface area contributed by atoms with Gasteiger partial charge in [-0.05, 0) is 61.5 Å². The fourth-order valence-corrected chi connectivity index (χ4v) is 3.28. The summed E-state index contributed by atoms with van der Waals surface area (Å²) in [4.78, 5) is 38.9. The van der Waals surface area contributed by atoms with Gasteiger partial charge in [-0.2, -0.15) is 0 Å². The average Bonchev–Trinajstić information content (AvgIpc) is 3.20. The van der Waals surface area contributed by atoms with Crippen molar-refractivity contribution >= 4 is 29.6 Å². The summed E-state index contributed by atoms with van der Waals surface area (Å²) in [6.07, 6.45) is 3.19. The van der Waals surface area contributed by atoms with Crippen LogP contribution in [0.4, 0.5) is 10.5 Å². The van der Waals surface area contributed by atoms with Crippen molar-refractivity contribution in [2.45, 2.75) is 6.92 Å². The highest BCUT2D eigenvalue weighted by Crippen LogP contribution is 2.26. The van der Waals surface area contributed by atoms with E-state index >= 15 is 0 Å². The molecule has 4 amide bonds. The first-order valence-electron chi connectivity index (χ1n) is 9.59. The van der Waals surface area contributed by atoms with Gasteiger partial charge < -0.3 is 14.4 Å². The molecule has 0 radical (unpaired) electrons. The van der Waals surface area contributed by atoms with Crippen LogP contribution in [0, 0.1) is 0 Å². The number of imide groups is 2. The molecule has 0 unspecified atom stereocenters. The summed E-state index contributed by atoms with van der Waals surface area (Å²) in [5.41, 5.74) is 1.40. The molecule has 2 N–H and O–H groups in total. The fourth-order valence-electron chi connectivity index (χ4n) is 3.28. The van der Waals surface area contributed by atoms with Crippen LogP contribution in [0.15, 0.2) is 72.4 Å². The Bertz CT molecular complexity index is 1190. The van der Waals surface area contributed by atoms with Crippen LogP contribution >= 0.6 is 0 Å². The van der Waals surface area contributed by atoms with Crippen molar-refractivity contribution in [3.8, 4) is 17.2 Å². The number of aromatic nitrogens is 1. The molecule has 0 atom stereocenters. The van der Waals surface area contributed by atoms with Gasteiger partial charge >= 0.3 is 6.03 Å². The van der Waals surface area contributed by atoms with E-state index in [1.807, 2.05) is 6.92 Å². The average molecular weight is 417 g/mol. The quantitative estimate of drug-likeness (QED) is 0.490. The Morgan fingerprint density at radius 3 is 2.52 bits per heavy atom. The molecule has 1 aromatic heterocycles. The van der Waals surface area contributed by atoms with Gasteiger partial charge in [0.1, 0.15) is 17.1 Å². The first kappa shape index (κ1) is 20.0. The van der Waals surface area contributed by atoms with Crippen LogP contribution in [-0.4, -0.2) is 34.1 Å². The normalized spacial score (nSPS) is 15.3. The molecule has 3 aromatic rings. The number of rotatable bonds is 5. The second kappa shape index (κ2) is 8.19. The maximum atomic E-state index is 13.1. The third-order valence-corrected chi connectivity index (χ3v) is 4.69. The summed E-state index contributed by atoms with van der Waals surface area (Å²) in [5.74, 6) is -0.878. The summed E-state index contributed by atoms with van der Waals surface area (Å²) in [5, 5.41) is 11.7. The van der Waals surface area contributed by atoms with Gasteiger partial charge in [0.15, 0.2) is 0 Å². The number of amides is 4. The third kappa shape index (κ3) is 3.91. The standard InChI is InChI=1S/C23H19N3O5/c1-2-31-19-7-3-5-17(13-19)26-22(29)20(21(28)24-23(26)30)14-16-6-4-12-25(16)15-8-10-18(27)11-9-15/h3-14,27H,2H2,1H3,(H,24,28,30)/b20-14+. The van der Waals surface area contributed by atoms with E-state index < -0.39 is 17.8 Å². The van der Waals surface area contributed by atoms with E-state index in [9.17, 15) is 19.5 Å². The van der Waals surface area contributed by atoms with E-state index in [2.05, 4.69) is 5.32 Å². The molecule has 1 aliphatic rings. The lowest BCUT2D eigenvalue weighted by molar-refractivity contribution is -0.122. The Morgan fingerprint density at radius 2 is 1.77 bits per heavy atom. The van der Waals surface area contributed by atoms with Crippen molar-refractivity contribution in [1.29, 1.82) is 0 Å². The Kier molecular flexibility index (Phi) is 5.28. The van der Waals surface area contributed by atoms with E-state index in [0.29, 0.717) is 23.7 Å². The summed E-state index contributed by atoms with van der Waals surface area (Å²) in [6, 6.07) is 15.7. The van der Waals surface area contributed by atoms with E-state index in [1.54, 1.807) is 59.3 Å². The van der Waals surface area contributed by atoms with Gasteiger partial charge in [-0.15, -0.1) is 0 Å². The number of phenols is 1. The molecule has 0 spiro atoms. The van der Waals surface area contributed by atoms with E-state index in [0.717, 1.165) is 10.6 Å². The molecule has 156 valence electrons. The van der Waals surface area contributed by atoms with E-state index in [1.165, 1.54) is 18.2 Å². The highest BCUT2D eigenvalue weighted by atomic mass is 16.5. The predicted molar refractivity (Wildman–Crippen MR) is 114 cm³/mol. The van der Waals surface area contributed by atoms with Crippen molar-refractivity contribution in [2.24, 2.45) is 0 Å². The number of carbonyl (C=O) groups is 3. The number of aromatic hydroxyl groups is 1. The Labute approximate surface area is 178 Å². The highest BCUT2D eigenvalue weighted by molar-refractivity contribution is 6.39. The fraction of sp³-hybridized carbons (Fsp3) is 0.0870. The molecule has 8 nitrogen and oxygen atoms in total. The molecule has 2 aromatic carbocycles. The van der Waals surface area contributed by atoms with Crippen LogP contribution in [0.3, 0.4) is 0 Å². The first-order valence-corrected chi connectivity index (χ1v) is 9.59. The zero-order valence-electron chi connectivity index (χ0n) is 16.6. The largest absolute Gasteiger partial charge is 0.508 e. The topological polar surface area (TPSA) is 101 Å². The number of anilines is 1. The van der Waals surface area contributed by atoms with Gasteiger partial charge in [-0.3, -0.25) is 14.9 Å². The Balaban J connectivity index is 1.72. The summed E-state index contributed by atoms with van der Waals surface area (Å²) < 4.78 is 7.20. The lowest BCUT2D eigenvalue weighted by Gasteiger charge is -2.26. The number of hydrogen-bond acceptors (Lipinski definition) is 5. The van der Waals surface area contributed by atoms with Gasteiger partial charge in [-0.25, -0.2) is 9.69 Å². The molecule has 0 aliphatic carbocycles. The lowest BCUT2D eigenvalue weighted by atomic mass is 10.1. The van der Waals surface area contributed by atoms with Gasteiger partial charge in [0.25, 0.3) is 11.8 Å². The molecule has 2 heterocycles. The number of ether oxygens (including phenoxy) is 1. The predicted octanol–water partition coefficient (Wildman–Crippen LogP) is 3.25. The van der Waals surface area contributed by atoms with Crippen molar-refractivity contribution < 1.29 is 24.2 Å². The summed E-state index contributed by atoms with van der Waals surface area (Å²) >= 11 is 0. The first-order chi connectivity index (χ1) is 15.0. The molecule has 4 rings (SSSR count). The minimum atomic E-state index is -0.824. The number of carbonyl (C=O) groups excluding carboxylic acids is 3. The number of benzene rings is 2. The van der Waals surface area contributed by atoms with Crippen LogP contribution in [0.1, 0.15) is 12.6 Å². The van der Waals surface area contributed by atoms with Crippen LogP contribution in [0.25, 0.3) is 11.8 Å². The van der Waals surface area contributed by atoms with Crippen LogP contribution in [0.2, 0.25) is 0 Å². The second-order valence-electron chi connectivity index (χ2n) is 6.71. The molecule has 0 saturated carbocycles. The Morgan fingerprint density at radius 1 is 1.00 bits per heavy atom. The molecular formula is C23H19N3O5. The summed E-state index contributed by atoms with van der Waals surface area (Å²) in [7, 11) is 0. The molecule has 31 heavy (non-hydrogen) atoms. The maximum Gasteiger partial charge on any atom is 0.335 e. The van der Waals surface area contributed by atoms with Crippen LogP contribution in [0.5, 0.6) is 11.5 Å². The zero-order chi connectivity index (χ0) is 22.0. The summed E-state index contributed by atoms with van der Waals surface area (Å²) in [6.45, 7) is 2.26. The van der Waals surface area contributed by atoms with E-state index in [4.69, 9.17) is 4.74 Å². The molecule has 8 heteroatoms. The number of nitrogens with one attached hydrogen (secondary N) is 1. The Hall–Kier alpha value is -4.33. The van der Waals surface area contributed by atoms with Crippen molar-refractivity contribution in [2.75, 3.05) is 11.5 Å². The van der Waals surface area contributed by atoms with Gasteiger partial charge in [0.2, 0.25) is 0 Å². The molecular weight excluding hydrogens is 398 g/mol. The number of nitrogens with zero attached hydrogens (tertiary/aromatic N) is 2. The monoisotopic (exact) mass is 417 g/mol. The van der Waals surface area contributed by atoms with Crippen LogP contribution in [-0.2, 0) is 9.59 Å². The number of phenolic OH excluding ortho intramolecular Hbond substituents is 1. The molecule has 0 bridgehead atoms. The lowest BCUT2D eigenvalue weighted by Crippen LogP contribution is -2.54. The number of barbiturate groups is 1. The van der Waals surface area contributed by atoms with E-state index in [-0.39, 0.29) is 11.3 Å². The number of urea groups is 1.